The Balaban J connectivity index is 1.16. The van der Waals surface area contributed by atoms with Crippen LogP contribution in [0.1, 0.15) is 137 Å². The molecule has 0 spiro atoms. The van der Waals surface area contributed by atoms with Crippen LogP contribution in [-0.4, -0.2) is 45.3 Å². The second kappa shape index (κ2) is 16.2. The number of fused-ring (bicyclic) bond motifs is 5. The van der Waals surface area contributed by atoms with Crippen molar-refractivity contribution in [2.75, 3.05) is 39.3 Å². The van der Waals surface area contributed by atoms with Crippen LogP contribution in [0.4, 0.5) is 0 Å². The Morgan fingerprint density at radius 2 is 1.37 bits per heavy atom. The molecular formula is C37H72N4. The molecule has 0 aromatic heterocycles. The molecule has 9 atom stereocenters. The van der Waals surface area contributed by atoms with Crippen LogP contribution in [0.25, 0.3) is 0 Å². The van der Waals surface area contributed by atoms with Crippen LogP contribution in [0.15, 0.2) is 0 Å². The van der Waals surface area contributed by atoms with E-state index in [9.17, 15) is 0 Å². The lowest BCUT2D eigenvalue weighted by Gasteiger charge is -2.61. The van der Waals surface area contributed by atoms with E-state index < -0.39 is 0 Å². The largest absolute Gasteiger partial charge is 0.330 e. The van der Waals surface area contributed by atoms with E-state index in [0.717, 1.165) is 86.6 Å². The second-order valence-corrected chi connectivity index (χ2v) is 16.3. The van der Waals surface area contributed by atoms with Crippen LogP contribution in [0.5, 0.6) is 0 Å². The summed E-state index contributed by atoms with van der Waals surface area (Å²) in [5.74, 6) is 6.80. The standard InChI is InChI=1S/C37H72N4/c1-28(2)11-8-12-29(3)33-15-16-34-32-14-13-30-27-31(17-19-36(30,4)35(32)18-20-37(33,34)5)41-26-10-25-40-23-7-6-22-39-24-9-21-38/h28-35,39-41H,6-27,38H2,1-5H3/t29?,30-,31-,32?,33+,34?,35?,36-,37+/m0/s1. The molecule has 4 fully saturated rings. The number of unbranched alkanes of at least 4 members (excludes halogenated alkanes) is 1. The average Bonchev–Trinajstić information content (AvgIpc) is 3.30. The molecule has 4 rings (SSSR count). The first kappa shape index (κ1) is 33.7. The summed E-state index contributed by atoms with van der Waals surface area (Å²) in [7, 11) is 0. The Labute approximate surface area is 256 Å². The Morgan fingerprint density at radius 1 is 0.683 bits per heavy atom. The molecule has 0 amide bonds. The highest BCUT2D eigenvalue weighted by molar-refractivity contribution is 5.10. The Kier molecular flexibility index (Phi) is 13.4. The SMILES string of the molecule is CC(C)CCCC(C)[C@H]1CCC2C3CC[C@H]4C[C@@H](NCCCNCCCCNCCCN)CC[C@]4(C)C3CC[C@@]21C. The minimum absolute atomic E-state index is 0.615. The highest BCUT2D eigenvalue weighted by atomic mass is 14.9. The first-order valence-corrected chi connectivity index (χ1v) is 18.6. The summed E-state index contributed by atoms with van der Waals surface area (Å²) in [6.07, 6.45) is 22.7. The molecule has 0 heterocycles. The third-order valence-corrected chi connectivity index (χ3v) is 13.3. The summed E-state index contributed by atoms with van der Waals surface area (Å²) < 4.78 is 0. The zero-order valence-electron chi connectivity index (χ0n) is 28.3. The average molecular weight is 573 g/mol. The summed E-state index contributed by atoms with van der Waals surface area (Å²) >= 11 is 0. The lowest BCUT2D eigenvalue weighted by molar-refractivity contribution is -0.118. The van der Waals surface area contributed by atoms with E-state index in [1.807, 2.05) is 0 Å². The normalized spacial score (nSPS) is 37.5. The van der Waals surface area contributed by atoms with E-state index in [1.165, 1.54) is 90.0 Å². The lowest BCUT2D eigenvalue weighted by Crippen LogP contribution is -2.55. The molecule has 4 heteroatoms. The third kappa shape index (κ3) is 8.52. The second-order valence-electron chi connectivity index (χ2n) is 16.3. The van der Waals surface area contributed by atoms with Crippen molar-refractivity contribution >= 4 is 0 Å². The first-order valence-electron chi connectivity index (χ1n) is 18.6. The predicted octanol–water partition coefficient (Wildman–Crippen LogP) is 7.76. The molecule has 240 valence electrons. The summed E-state index contributed by atoms with van der Waals surface area (Å²) in [4.78, 5) is 0. The fourth-order valence-electron chi connectivity index (χ4n) is 11.0. The van der Waals surface area contributed by atoms with Gasteiger partial charge in [-0.25, -0.2) is 0 Å². The molecule has 0 aromatic rings. The van der Waals surface area contributed by atoms with Crippen molar-refractivity contribution < 1.29 is 0 Å². The maximum absolute atomic E-state index is 5.55. The quantitative estimate of drug-likeness (QED) is 0.127. The van der Waals surface area contributed by atoms with Gasteiger partial charge in [0.1, 0.15) is 0 Å². The molecule has 0 bridgehead atoms. The molecule has 4 nitrogen and oxygen atoms in total. The van der Waals surface area contributed by atoms with E-state index >= 15 is 0 Å². The van der Waals surface area contributed by atoms with Gasteiger partial charge in [-0.3, -0.25) is 0 Å². The van der Waals surface area contributed by atoms with Crippen molar-refractivity contribution in [1.29, 1.82) is 0 Å². The monoisotopic (exact) mass is 573 g/mol. The molecule has 4 saturated carbocycles. The third-order valence-electron chi connectivity index (χ3n) is 13.3. The zero-order valence-corrected chi connectivity index (χ0v) is 28.3. The fourth-order valence-corrected chi connectivity index (χ4v) is 11.0. The summed E-state index contributed by atoms with van der Waals surface area (Å²) in [5.41, 5.74) is 6.80. The molecule has 4 aliphatic rings. The zero-order chi connectivity index (χ0) is 29.3. The molecule has 4 unspecified atom stereocenters. The summed E-state index contributed by atoms with van der Waals surface area (Å²) in [5, 5.41) is 11.1. The molecule has 0 aromatic carbocycles. The first-order chi connectivity index (χ1) is 19.8. The molecular weight excluding hydrogens is 500 g/mol. The van der Waals surface area contributed by atoms with Crippen molar-refractivity contribution in [3.05, 3.63) is 0 Å². The van der Waals surface area contributed by atoms with Crippen molar-refractivity contribution in [3.63, 3.8) is 0 Å². The molecule has 0 radical (unpaired) electrons. The fraction of sp³-hybridized carbons (Fsp3) is 1.00. The topological polar surface area (TPSA) is 62.1 Å². The Hall–Kier alpha value is -0.160. The molecule has 0 aliphatic heterocycles. The van der Waals surface area contributed by atoms with Crippen LogP contribution in [0.3, 0.4) is 0 Å². The van der Waals surface area contributed by atoms with Gasteiger partial charge in [0.15, 0.2) is 0 Å². The van der Waals surface area contributed by atoms with Gasteiger partial charge in [-0.05, 0) is 175 Å². The van der Waals surface area contributed by atoms with E-state index in [4.69, 9.17) is 5.73 Å². The Bertz CT molecular complexity index is 740. The van der Waals surface area contributed by atoms with Gasteiger partial charge in [0.25, 0.3) is 0 Å². The van der Waals surface area contributed by atoms with E-state index in [1.54, 1.807) is 12.8 Å². The van der Waals surface area contributed by atoms with E-state index in [2.05, 4.69) is 50.6 Å². The number of nitrogens with one attached hydrogen (secondary N) is 3. The van der Waals surface area contributed by atoms with E-state index in [0.29, 0.717) is 10.8 Å². The number of hydrogen-bond donors (Lipinski definition) is 4. The van der Waals surface area contributed by atoms with Gasteiger partial charge >= 0.3 is 0 Å². The van der Waals surface area contributed by atoms with Crippen LogP contribution in [0, 0.1) is 52.3 Å². The minimum Gasteiger partial charge on any atom is -0.330 e. The van der Waals surface area contributed by atoms with Gasteiger partial charge in [-0.1, -0.05) is 53.9 Å². The molecule has 41 heavy (non-hydrogen) atoms. The van der Waals surface area contributed by atoms with Crippen LogP contribution < -0.4 is 21.7 Å². The van der Waals surface area contributed by atoms with Crippen LogP contribution >= 0.6 is 0 Å². The van der Waals surface area contributed by atoms with Crippen molar-refractivity contribution in [2.24, 2.45) is 58.0 Å². The van der Waals surface area contributed by atoms with Crippen molar-refractivity contribution in [1.82, 2.24) is 16.0 Å². The minimum atomic E-state index is 0.615. The predicted molar refractivity (Wildman–Crippen MR) is 178 cm³/mol. The number of nitrogens with two attached hydrogens (primary N) is 1. The Morgan fingerprint density at radius 3 is 2.10 bits per heavy atom. The molecule has 4 aliphatic carbocycles. The molecule has 0 saturated heterocycles. The van der Waals surface area contributed by atoms with Crippen molar-refractivity contribution in [3.8, 4) is 0 Å². The van der Waals surface area contributed by atoms with Gasteiger partial charge in [0, 0.05) is 6.04 Å². The highest BCUT2D eigenvalue weighted by Gasteiger charge is 2.60. The number of rotatable bonds is 18. The highest BCUT2D eigenvalue weighted by Crippen LogP contribution is 2.68. The summed E-state index contributed by atoms with van der Waals surface area (Å²) in [6.45, 7) is 19.4. The van der Waals surface area contributed by atoms with Gasteiger partial charge in [0.2, 0.25) is 0 Å². The summed E-state index contributed by atoms with van der Waals surface area (Å²) in [6, 6.07) is 0.764. The smallest absolute Gasteiger partial charge is 0.00701 e. The maximum Gasteiger partial charge on any atom is 0.00701 e. The number of hydrogen-bond acceptors (Lipinski definition) is 4. The molecule has 5 N–H and O–H groups in total. The maximum atomic E-state index is 5.55. The van der Waals surface area contributed by atoms with Gasteiger partial charge in [-0.2, -0.15) is 0 Å². The van der Waals surface area contributed by atoms with Crippen molar-refractivity contribution in [2.45, 2.75) is 143 Å². The lowest BCUT2D eigenvalue weighted by atomic mass is 9.44. The van der Waals surface area contributed by atoms with Gasteiger partial charge < -0.3 is 21.7 Å². The van der Waals surface area contributed by atoms with Crippen LogP contribution in [0.2, 0.25) is 0 Å². The van der Waals surface area contributed by atoms with Crippen LogP contribution in [-0.2, 0) is 0 Å². The van der Waals surface area contributed by atoms with Gasteiger partial charge in [-0.15, -0.1) is 0 Å². The van der Waals surface area contributed by atoms with E-state index in [-0.39, 0.29) is 0 Å². The van der Waals surface area contributed by atoms with Gasteiger partial charge in [0.05, 0.1) is 0 Å².